The van der Waals surface area contributed by atoms with Crippen LogP contribution in [0, 0.1) is 0 Å². The van der Waals surface area contributed by atoms with Crippen molar-refractivity contribution >= 4 is 39.2 Å². The van der Waals surface area contributed by atoms with Crippen molar-refractivity contribution in [1.29, 1.82) is 0 Å². The first kappa shape index (κ1) is 14.3. The predicted octanol–water partition coefficient (Wildman–Crippen LogP) is 2.32. The number of halogens is 1. The summed E-state index contributed by atoms with van der Waals surface area (Å²) in [5.74, 6) is 0.854. The number of rotatable bonds is 4. The Morgan fingerprint density at radius 1 is 1.58 bits per heavy atom. The number of amides is 1. The zero-order valence-corrected chi connectivity index (χ0v) is 13.4. The van der Waals surface area contributed by atoms with Gasteiger partial charge in [0.2, 0.25) is 0 Å². The largest absolute Gasteiger partial charge is 0.338 e. The number of nitrogens with zero attached hydrogens (tertiary/aromatic N) is 4. The first-order valence-corrected chi connectivity index (χ1v) is 7.98. The van der Waals surface area contributed by atoms with Crippen molar-refractivity contribution in [3.63, 3.8) is 0 Å². The highest BCUT2D eigenvalue weighted by Gasteiger charge is 2.21. The molecule has 2 aromatic heterocycles. The summed E-state index contributed by atoms with van der Waals surface area (Å²) in [5, 5.41) is 4.16. The Bertz CT molecular complexity index is 600. The fourth-order valence-electron chi connectivity index (χ4n) is 1.75. The minimum Gasteiger partial charge on any atom is -0.338 e. The van der Waals surface area contributed by atoms with Crippen LogP contribution in [0.25, 0.3) is 5.65 Å². The minimum absolute atomic E-state index is 0.0497. The van der Waals surface area contributed by atoms with Gasteiger partial charge in [0.1, 0.15) is 5.56 Å². The molecule has 0 bridgehead atoms. The van der Waals surface area contributed by atoms with E-state index in [-0.39, 0.29) is 11.9 Å². The van der Waals surface area contributed by atoms with Crippen molar-refractivity contribution in [2.24, 2.45) is 0 Å². The molecular formula is C12H15BrN4OS. The summed E-state index contributed by atoms with van der Waals surface area (Å²) in [6, 6.07) is 0.174. The molecule has 0 spiro atoms. The van der Waals surface area contributed by atoms with Crippen molar-refractivity contribution in [3.8, 4) is 0 Å². The van der Waals surface area contributed by atoms with Crippen molar-refractivity contribution < 1.29 is 4.79 Å². The molecule has 102 valence electrons. The van der Waals surface area contributed by atoms with Crippen LogP contribution >= 0.6 is 27.7 Å². The maximum Gasteiger partial charge on any atom is 0.259 e. The van der Waals surface area contributed by atoms with Crippen LogP contribution in [0.3, 0.4) is 0 Å². The molecule has 2 rings (SSSR count). The fourth-order valence-corrected chi connectivity index (χ4v) is 2.75. The lowest BCUT2D eigenvalue weighted by molar-refractivity contribution is 0.0759. The van der Waals surface area contributed by atoms with E-state index in [9.17, 15) is 4.79 Å². The summed E-state index contributed by atoms with van der Waals surface area (Å²) in [5.41, 5.74) is 1.11. The van der Waals surface area contributed by atoms with Gasteiger partial charge in [-0.2, -0.15) is 16.9 Å². The molecule has 0 fully saturated rings. The van der Waals surface area contributed by atoms with E-state index in [1.165, 1.54) is 0 Å². The average Bonchev–Trinajstić information content (AvgIpc) is 2.80. The Morgan fingerprint density at radius 3 is 3.00 bits per heavy atom. The zero-order valence-electron chi connectivity index (χ0n) is 11.0. The molecule has 2 heterocycles. The Labute approximate surface area is 124 Å². The molecule has 0 saturated heterocycles. The summed E-state index contributed by atoms with van der Waals surface area (Å²) in [6.45, 7) is 2.03. The molecule has 0 unspecified atom stereocenters. The van der Waals surface area contributed by atoms with Crippen LogP contribution in [-0.2, 0) is 0 Å². The second-order valence-corrected chi connectivity index (χ2v) is 6.15. The molecule has 7 heteroatoms. The first-order valence-electron chi connectivity index (χ1n) is 5.79. The molecule has 1 amide bonds. The number of hydrogen-bond acceptors (Lipinski definition) is 4. The summed E-state index contributed by atoms with van der Waals surface area (Å²) >= 11 is 5.05. The van der Waals surface area contributed by atoms with Crippen LogP contribution in [0.1, 0.15) is 17.3 Å². The van der Waals surface area contributed by atoms with E-state index in [2.05, 4.69) is 26.0 Å². The normalized spacial score (nSPS) is 12.6. The van der Waals surface area contributed by atoms with Gasteiger partial charge < -0.3 is 4.90 Å². The van der Waals surface area contributed by atoms with Crippen LogP contribution in [0.5, 0.6) is 0 Å². The van der Waals surface area contributed by atoms with E-state index in [0.717, 1.165) is 10.2 Å². The number of carbonyl (C=O) groups is 1. The molecule has 0 N–H and O–H groups in total. The molecule has 2 aromatic rings. The molecule has 0 aliphatic carbocycles. The second-order valence-electron chi connectivity index (χ2n) is 4.32. The second kappa shape index (κ2) is 5.92. The Balaban J connectivity index is 2.31. The Hall–Kier alpha value is -1.08. The Kier molecular flexibility index (Phi) is 4.46. The molecular weight excluding hydrogens is 328 g/mol. The first-order chi connectivity index (χ1) is 9.04. The smallest absolute Gasteiger partial charge is 0.259 e. The van der Waals surface area contributed by atoms with E-state index in [1.807, 2.05) is 20.2 Å². The molecule has 1 atom stereocenters. The molecule has 0 aliphatic heterocycles. The van der Waals surface area contributed by atoms with E-state index >= 15 is 0 Å². The van der Waals surface area contributed by atoms with Crippen molar-refractivity contribution in [1.82, 2.24) is 19.5 Å². The quantitative estimate of drug-likeness (QED) is 0.855. The van der Waals surface area contributed by atoms with Gasteiger partial charge in [0.05, 0.1) is 10.7 Å². The van der Waals surface area contributed by atoms with Crippen molar-refractivity contribution in [2.75, 3.05) is 19.1 Å². The fraction of sp³-hybridized carbons (Fsp3) is 0.417. The maximum absolute atomic E-state index is 12.4. The molecule has 0 radical (unpaired) electrons. The highest BCUT2D eigenvalue weighted by Crippen LogP contribution is 2.15. The lowest BCUT2D eigenvalue weighted by Crippen LogP contribution is -2.36. The average molecular weight is 343 g/mol. The minimum atomic E-state index is -0.0497. The lowest BCUT2D eigenvalue weighted by Gasteiger charge is -2.23. The third-order valence-corrected chi connectivity index (χ3v) is 4.17. The number of carbonyl (C=O) groups excluding carboxylic acids is 1. The summed E-state index contributed by atoms with van der Waals surface area (Å²) < 4.78 is 2.43. The van der Waals surface area contributed by atoms with Gasteiger partial charge >= 0.3 is 0 Å². The monoisotopic (exact) mass is 342 g/mol. The SMILES string of the molecule is CSC[C@@H](C)N(C)C(=O)c1cnn2cc(Br)cnc12. The molecule has 0 saturated carbocycles. The van der Waals surface area contributed by atoms with Gasteiger partial charge in [0.25, 0.3) is 5.91 Å². The van der Waals surface area contributed by atoms with Gasteiger partial charge in [-0.3, -0.25) is 4.79 Å². The molecule has 0 aliphatic rings. The van der Waals surface area contributed by atoms with Gasteiger partial charge in [-0.1, -0.05) is 0 Å². The van der Waals surface area contributed by atoms with E-state index in [1.54, 1.807) is 39.8 Å². The highest BCUT2D eigenvalue weighted by molar-refractivity contribution is 9.10. The standard InChI is InChI=1S/C12H15BrN4OS/c1-8(7-19-3)16(2)12(18)10-5-15-17-6-9(13)4-14-11(10)17/h4-6,8H,7H2,1-3H3/t8-/m1/s1. The van der Waals surface area contributed by atoms with Crippen LogP contribution in [-0.4, -0.2) is 50.5 Å². The predicted molar refractivity (Wildman–Crippen MR) is 80.6 cm³/mol. The van der Waals surface area contributed by atoms with Gasteiger partial charge in [-0.25, -0.2) is 9.50 Å². The topological polar surface area (TPSA) is 50.5 Å². The maximum atomic E-state index is 12.4. The summed E-state index contributed by atoms with van der Waals surface area (Å²) in [7, 11) is 1.81. The summed E-state index contributed by atoms with van der Waals surface area (Å²) in [4.78, 5) is 18.4. The Morgan fingerprint density at radius 2 is 2.32 bits per heavy atom. The molecule has 0 aromatic carbocycles. The van der Waals surface area contributed by atoms with Crippen molar-refractivity contribution in [3.05, 3.63) is 28.6 Å². The summed E-state index contributed by atoms with van der Waals surface area (Å²) in [6.07, 6.45) is 7.05. The van der Waals surface area contributed by atoms with Gasteiger partial charge in [-0.15, -0.1) is 0 Å². The number of hydrogen-bond donors (Lipinski definition) is 0. The van der Waals surface area contributed by atoms with Crippen LogP contribution < -0.4 is 0 Å². The van der Waals surface area contributed by atoms with Gasteiger partial charge in [0.15, 0.2) is 5.65 Å². The van der Waals surface area contributed by atoms with Crippen LogP contribution in [0.2, 0.25) is 0 Å². The number of aromatic nitrogens is 3. The van der Waals surface area contributed by atoms with Crippen molar-refractivity contribution in [2.45, 2.75) is 13.0 Å². The van der Waals surface area contributed by atoms with Crippen LogP contribution in [0.4, 0.5) is 0 Å². The van der Waals surface area contributed by atoms with Gasteiger partial charge in [0, 0.05) is 31.2 Å². The zero-order chi connectivity index (χ0) is 14.0. The van der Waals surface area contributed by atoms with E-state index < -0.39 is 0 Å². The number of thioether (sulfide) groups is 1. The molecule has 19 heavy (non-hydrogen) atoms. The van der Waals surface area contributed by atoms with E-state index in [0.29, 0.717) is 11.2 Å². The molecule has 5 nitrogen and oxygen atoms in total. The number of fused-ring (bicyclic) bond motifs is 1. The lowest BCUT2D eigenvalue weighted by atomic mass is 10.2. The third-order valence-electron chi connectivity index (χ3n) is 2.94. The third kappa shape index (κ3) is 2.92. The van der Waals surface area contributed by atoms with Crippen LogP contribution in [0.15, 0.2) is 23.1 Å². The van der Waals surface area contributed by atoms with Gasteiger partial charge in [-0.05, 0) is 29.1 Å². The van der Waals surface area contributed by atoms with E-state index in [4.69, 9.17) is 0 Å². The highest BCUT2D eigenvalue weighted by atomic mass is 79.9.